The minimum atomic E-state index is -4.25. The molecular weight excluding hydrogens is 417 g/mol. The zero-order chi connectivity index (χ0) is 21.8. The van der Waals surface area contributed by atoms with E-state index in [-0.39, 0.29) is 16.2 Å². The van der Waals surface area contributed by atoms with E-state index in [1.54, 1.807) is 25.1 Å². The first-order valence-corrected chi connectivity index (χ1v) is 10.6. The first-order valence-electron chi connectivity index (χ1n) is 8.99. The molecule has 0 saturated carbocycles. The lowest BCUT2D eigenvalue weighted by Gasteiger charge is -2.11. The molecule has 1 aromatic heterocycles. The molecule has 0 amide bonds. The van der Waals surface area contributed by atoms with Gasteiger partial charge in [0, 0.05) is 17.4 Å². The average molecular weight is 436 g/mol. The van der Waals surface area contributed by atoms with Gasteiger partial charge in [0.1, 0.15) is 18.0 Å². The normalized spacial score (nSPS) is 11.9. The van der Waals surface area contributed by atoms with Crippen molar-refractivity contribution in [2.24, 2.45) is 0 Å². The van der Waals surface area contributed by atoms with E-state index in [0.717, 1.165) is 0 Å². The highest BCUT2D eigenvalue weighted by Crippen LogP contribution is 2.24. The Morgan fingerprint density at radius 3 is 2.13 bits per heavy atom. The zero-order valence-corrected chi connectivity index (χ0v) is 16.8. The number of halogens is 3. The van der Waals surface area contributed by atoms with Crippen LogP contribution in [0.5, 0.6) is 0 Å². The van der Waals surface area contributed by atoms with Crippen molar-refractivity contribution in [3.63, 3.8) is 0 Å². The maximum atomic E-state index is 12.4. The minimum Gasteiger partial charge on any atom is -0.340 e. The van der Waals surface area contributed by atoms with E-state index < -0.39 is 22.4 Å². The SMILES string of the molecule is CCS(=O)(=O)c1cccc(Nc2cc(Nc3ccc(CC(F)(F)F)cc3)ncn2)c1. The number of nitrogens with zero attached hydrogens (tertiary/aromatic N) is 2. The van der Waals surface area contributed by atoms with Gasteiger partial charge in [-0.15, -0.1) is 0 Å². The van der Waals surface area contributed by atoms with Crippen molar-refractivity contribution in [2.75, 3.05) is 16.4 Å². The summed E-state index contributed by atoms with van der Waals surface area (Å²) in [5, 5.41) is 6.02. The second kappa shape index (κ2) is 8.70. The summed E-state index contributed by atoms with van der Waals surface area (Å²) < 4.78 is 61.4. The van der Waals surface area contributed by atoms with Gasteiger partial charge in [-0.3, -0.25) is 0 Å². The summed E-state index contributed by atoms with van der Waals surface area (Å²) in [5.74, 6) is 0.848. The Balaban J connectivity index is 1.72. The lowest BCUT2D eigenvalue weighted by molar-refractivity contribution is -0.127. The number of sulfone groups is 1. The summed E-state index contributed by atoms with van der Waals surface area (Å²) in [4.78, 5) is 8.41. The van der Waals surface area contributed by atoms with E-state index >= 15 is 0 Å². The Kier molecular flexibility index (Phi) is 6.25. The molecule has 2 N–H and O–H groups in total. The van der Waals surface area contributed by atoms with Crippen molar-refractivity contribution < 1.29 is 21.6 Å². The fourth-order valence-corrected chi connectivity index (χ4v) is 3.59. The molecule has 0 radical (unpaired) electrons. The van der Waals surface area contributed by atoms with Crippen LogP contribution in [0.3, 0.4) is 0 Å². The van der Waals surface area contributed by atoms with Crippen molar-refractivity contribution in [2.45, 2.75) is 24.4 Å². The molecule has 0 saturated heterocycles. The zero-order valence-electron chi connectivity index (χ0n) is 15.9. The number of nitrogens with one attached hydrogen (secondary N) is 2. The van der Waals surface area contributed by atoms with Crippen LogP contribution < -0.4 is 10.6 Å². The predicted octanol–water partition coefficient (Wildman–Crippen LogP) is 4.86. The molecule has 0 unspecified atom stereocenters. The molecule has 0 aliphatic heterocycles. The van der Waals surface area contributed by atoms with Crippen LogP contribution in [0.25, 0.3) is 0 Å². The molecule has 0 aliphatic carbocycles. The quantitative estimate of drug-likeness (QED) is 0.550. The highest BCUT2D eigenvalue weighted by molar-refractivity contribution is 7.91. The monoisotopic (exact) mass is 436 g/mol. The topological polar surface area (TPSA) is 84.0 Å². The maximum Gasteiger partial charge on any atom is 0.393 e. The third-order valence-electron chi connectivity index (χ3n) is 4.14. The van der Waals surface area contributed by atoms with Crippen molar-refractivity contribution >= 4 is 32.8 Å². The fourth-order valence-electron chi connectivity index (χ4n) is 2.66. The number of anilines is 4. The van der Waals surface area contributed by atoms with E-state index in [1.807, 2.05) is 0 Å². The van der Waals surface area contributed by atoms with Crippen LogP contribution in [-0.4, -0.2) is 30.3 Å². The standard InChI is InChI=1S/C20H19F3N4O2S/c1-2-30(28,29)17-5-3-4-16(10-17)27-19-11-18(24-13-25-19)26-15-8-6-14(7-9-15)12-20(21,22)23/h3-11,13H,2,12H2,1H3,(H2,24,25,26,27). The second-order valence-electron chi connectivity index (χ2n) is 6.46. The number of rotatable bonds is 7. The summed E-state index contributed by atoms with van der Waals surface area (Å²) in [5.41, 5.74) is 1.28. The smallest absolute Gasteiger partial charge is 0.340 e. The van der Waals surface area contributed by atoms with Gasteiger partial charge < -0.3 is 10.6 Å². The van der Waals surface area contributed by atoms with Crippen LogP contribution in [0.4, 0.5) is 36.2 Å². The summed E-state index contributed by atoms with van der Waals surface area (Å²) >= 11 is 0. The van der Waals surface area contributed by atoms with E-state index in [4.69, 9.17) is 0 Å². The summed E-state index contributed by atoms with van der Waals surface area (Å²) in [7, 11) is -3.33. The molecule has 3 rings (SSSR count). The van der Waals surface area contributed by atoms with Crippen molar-refractivity contribution in [3.05, 3.63) is 66.5 Å². The lowest BCUT2D eigenvalue weighted by atomic mass is 10.1. The summed E-state index contributed by atoms with van der Waals surface area (Å²) in [6.07, 6.45) is -3.92. The van der Waals surface area contributed by atoms with Crippen LogP contribution in [0.1, 0.15) is 12.5 Å². The van der Waals surface area contributed by atoms with E-state index in [0.29, 0.717) is 23.0 Å². The van der Waals surface area contributed by atoms with Crippen molar-refractivity contribution in [1.29, 1.82) is 0 Å². The molecule has 158 valence electrons. The molecule has 2 aromatic carbocycles. The molecule has 6 nitrogen and oxygen atoms in total. The molecule has 0 aliphatic rings. The number of aromatic nitrogens is 2. The average Bonchev–Trinajstić information content (AvgIpc) is 2.69. The van der Waals surface area contributed by atoms with E-state index in [9.17, 15) is 21.6 Å². The van der Waals surface area contributed by atoms with Gasteiger partial charge in [0.2, 0.25) is 0 Å². The fraction of sp³-hybridized carbons (Fsp3) is 0.200. The van der Waals surface area contributed by atoms with Gasteiger partial charge in [-0.25, -0.2) is 18.4 Å². The number of hydrogen-bond acceptors (Lipinski definition) is 6. The Morgan fingerprint density at radius 1 is 0.900 bits per heavy atom. The highest BCUT2D eigenvalue weighted by atomic mass is 32.2. The van der Waals surface area contributed by atoms with Crippen LogP contribution >= 0.6 is 0 Å². The Bertz CT molecular complexity index is 1120. The van der Waals surface area contributed by atoms with Gasteiger partial charge in [0.15, 0.2) is 9.84 Å². The van der Waals surface area contributed by atoms with E-state index in [1.165, 1.54) is 42.7 Å². The van der Waals surface area contributed by atoms with Crippen LogP contribution in [0, 0.1) is 0 Å². The first kappa shape index (κ1) is 21.6. The van der Waals surface area contributed by atoms with Crippen LogP contribution in [-0.2, 0) is 16.3 Å². The lowest BCUT2D eigenvalue weighted by Crippen LogP contribution is -2.11. The largest absolute Gasteiger partial charge is 0.393 e. The van der Waals surface area contributed by atoms with Gasteiger partial charge in [0.25, 0.3) is 0 Å². The van der Waals surface area contributed by atoms with Gasteiger partial charge in [-0.2, -0.15) is 13.2 Å². The van der Waals surface area contributed by atoms with Crippen molar-refractivity contribution in [3.8, 4) is 0 Å². The third kappa shape index (κ3) is 5.93. The minimum absolute atomic E-state index is 0.000209. The molecule has 0 fully saturated rings. The molecule has 30 heavy (non-hydrogen) atoms. The van der Waals surface area contributed by atoms with E-state index in [2.05, 4.69) is 20.6 Å². The maximum absolute atomic E-state index is 12.4. The molecule has 1 heterocycles. The molecular formula is C20H19F3N4O2S. The number of alkyl halides is 3. The Labute approximate surface area is 172 Å². The molecule has 0 bridgehead atoms. The summed E-state index contributed by atoms with van der Waals surface area (Å²) in [6, 6.07) is 13.9. The highest BCUT2D eigenvalue weighted by Gasteiger charge is 2.27. The predicted molar refractivity (Wildman–Crippen MR) is 109 cm³/mol. The molecule has 10 heteroatoms. The molecule has 0 atom stereocenters. The number of benzene rings is 2. The Morgan fingerprint density at radius 2 is 1.53 bits per heavy atom. The molecule has 0 spiro atoms. The Hall–Kier alpha value is -3.14. The van der Waals surface area contributed by atoms with Crippen LogP contribution in [0.15, 0.2) is 65.8 Å². The second-order valence-corrected chi connectivity index (χ2v) is 8.74. The first-order chi connectivity index (χ1) is 14.1. The molecule has 3 aromatic rings. The van der Waals surface area contributed by atoms with Crippen molar-refractivity contribution in [1.82, 2.24) is 9.97 Å². The van der Waals surface area contributed by atoms with Gasteiger partial charge in [0.05, 0.1) is 17.1 Å². The van der Waals surface area contributed by atoms with Crippen LogP contribution in [0.2, 0.25) is 0 Å². The third-order valence-corrected chi connectivity index (χ3v) is 5.88. The van der Waals surface area contributed by atoms with Gasteiger partial charge >= 0.3 is 6.18 Å². The van der Waals surface area contributed by atoms with Gasteiger partial charge in [-0.1, -0.05) is 25.1 Å². The van der Waals surface area contributed by atoms with Gasteiger partial charge in [-0.05, 0) is 35.9 Å². The number of hydrogen-bond donors (Lipinski definition) is 2. The summed E-state index contributed by atoms with van der Waals surface area (Å²) in [6.45, 7) is 1.58.